The van der Waals surface area contributed by atoms with Gasteiger partial charge >= 0.3 is 0 Å². The minimum Gasteiger partial charge on any atom is -0.380 e. The first-order valence-electron chi connectivity index (χ1n) is 7.43. The Morgan fingerprint density at radius 1 is 1.16 bits per heavy atom. The van der Waals surface area contributed by atoms with Gasteiger partial charge in [0.25, 0.3) is 0 Å². The van der Waals surface area contributed by atoms with Crippen molar-refractivity contribution in [2.24, 2.45) is 5.73 Å². The second-order valence-corrected chi connectivity index (χ2v) is 5.86. The Kier molecular flexibility index (Phi) is 3.87. The average molecular weight is 260 g/mol. The first kappa shape index (κ1) is 13.1. The lowest BCUT2D eigenvalue weighted by atomic mass is 9.77. The highest BCUT2D eigenvalue weighted by molar-refractivity contribution is 5.36. The summed E-state index contributed by atoms with van der Waals surface area (Å²) in [6.07, 6.45) is 2.29. The lowest BCUT2D eigenvalue weighted by Gasteiger charge is -2.41. The first-order chi connectivity index (χ1) is 9.27. The molecule has 3 atom stereocenters. The number of benzene rings is 1. The van der Waals surface area contributed by atoms with Gasteiger partial charge in [-0.05, 0) is 29.9 Å². The van der Waals surface area contributed by atoms with E-state index in [2.05, 4.69) is 36.1 Å². The molecule has 2 N–H and O–H groups in total. The third kappa shape index (κ3) is 2.55. The molecule has 0 aromatic heterocycles. The molecule has 1 fully saturated rings. The van der Waals surface area contributed by atoms with Crippen LogP contribution in [0.3, 0.4) is 0 Å². The maximum atomic E-state index is 6.55. The van der Waals surface area contributed by atoms with E-state index in [0.717, 1.165) is 39.1 Å². The maximum absolute atomic E-state index is 6.55. The molecule has 1 aliphatic heterocycles. The number of rotatable bonds is 1. The van der Waals surface area contributed by atoms with E-state index >= 15 is 0 Å². The summed E-state index contributed by atoms with van der Waals surface area (Å²) in [5.74, 6) is 0.602. The summed E-state index contributed by atoms with van der Waals surface area (Å²) in [5, 5.41) is 0. The van der Waals surface area contributed by atoms with Crippen LogP contribution in [0.4, 0.5) is 0 Å². The van der Waals surface area contributed by atoms with E-state index in [1.54, 1.807) is 0 Å². The molecule has 0 saturated carbocycles. The summed E-state index contributed by atoms with van der Waals surface area (Å²) in [4.78, 5) is 2.55. The quantitative estimate of drug-likeness (QED) is 0.842. The molecular formula is C16H24N2O. The van der Waals surface area contributed by atoms with E-state index < -0.39 is 0 Å². The van der Waals surface area contributed by atoms with Crippen molar-refractivity contribution in [2.75, 3.05) is 26.3 Å². The van der Waals surface area contributed by atoms with Crippen molar-refractivity contribution in [1.82, 2.24) is 4.90 Å². The zero-order valence-electron chi connectivity index (χ0n) is 11.7. The highest BCUT2D eigenvalue weighted by atomic mass is 16.5. The predicted octanol–water partition coefficient (Wildman–Crippen LogP) is 2.28. The molecule has 3 heteroatoms. The number of hydrogen-bond donors (Lipinski definition) is 1. The highest BCUT2D eigenvalue weighted by Gasteiger charge is 2.34. The SMILES string of the molecule is CC1CC(N2CCCOCC2)C(N)c2ccccc21. The number of fused-ring (bicyclic) bond motifs is 1. The molecule has 3 unspecified atom stereocenters. The molecule has 104 valence electrons. The Morgan fingerprint density at radius 2 is 1.95 bits per heavy atom. The van der Waals surface area contributed by atoms with Crippen LogP contribution in [0, 0.1) is 0 Å². The average Bonchev–Trinajstić information content (AvgIpc) is 2.72. The van der Waals surface area contributed by atoms with Crippen molar-refractivity contribution in [1.29, 1.82) is 0 Å². The summed E-state index contributed by atoms with van der Waals surface area (Å²) < 4.78 is 5.56. The number of nitrogens with two attached hydrogens (primary N) is 1. The highest BCUT2D eigenvalue weighted by Crippen LogP contribution is 2.38. The molecule has 19 heavy (non-hydrogen) atoms. The fourth-order valence-electron chi connectivity index (χ4n) is 3.58. The van der Waals surface area contributed by atoms with E-state index in [4.69, 9.17) is 10.5 Å². The Labute approximate surface area is 115 Å². The largest absolute Gasteiger partial charge is 0.380 e. The maximum Gasteiger partial charge on any atom is 0.0593 e. The van der Waals surface area contributed by atoms with Crippen molar-refractivity contribution in [3.8, 4) is 0 Å². The van der Waals surface area contributed by atoms with Crippen LogP contribution in [0.15, 0.2) is 24.3 Å². The van der Waals surface area contributed by atoms with Crippen LogP contribution < -0.4 is 5.73 Å². The van der Waals surface area contributed by atoms with Gasteiger partial charge in [0.2, 0.25) is 0 Å². The van der Waals surface area contributed by atoms with Crippen molar-refractivity contribution in [2.45, 2.75) is 37.8 Å². The van der Waals surface area contributed by atoms with Crippen molar-refractivity contribution >= 4 is 0 Å². The monoisotopic (exact) mass is 260 g/mol. The molecular weight excluding hydrogens is 236 g/mol. The third-order valence-corrected chi connectivity index (χ3v) is 4.62. The number of nitrogens with zero attached hydrogens (tertiary/aromatic N) is 1. The van der Waals surface area contributed by atoms with Gasteiger partial charge < -0.3 is 10.5 Å². The lowest BCUT2D eigenvalue weighted by molar-refractivity contribution is 0.117. The van der Waals surface area contributed by atoms with Gasteiger partial charge in [-0.2, -0.15) is 0 Å². The zero-order valence-corrected chi connectivity index (χ0v) is 11.7. The second-order valence-electron chi connectivity index (χ2n) is 5.86. The van der Waals surface area contributed by atoms with Crippen LogP contribution >= 0.6 is 0 Å². The first-order valence-corrected chi connectivity index (χ1v) is 7.43. The Balaban J connectivity index is 1.84. The Morgan fingerprint density at radius 3 is 2.79 bits per heavy atom. The van der Waals surface area contributed by atoms with Crippen molar-refractivity contribution in [3.63, 3.8) is 0 Å². The van der Waals surface area contributed by atoms with Gasteiger partial charge in [-0.3, -0.25) is 4.90 Å². The number of ether oxygens (including phenoxy) is 1. The molecule has 3 rings (SSSR count). The molecule has 0 bridgehead atoms. The molecule has 0 radical (unpaired) electrons. The summed E-state index contributed by atoms with van der Waals surface area (Å²) in [6.45, 7) is 6.20. The molecule has 0 amide bonds. The molecule has 0 spiro atoms. The van der Waals surface area contributed by atoms with E-state index in [1.165, 1.54) is 11.1 Å². The van der Waals surface area contributed by atoms with Crippen LogP contribution in [-0.2, 0) is 4.74 Å². The van der Waals surface area contributed by atoms with Gasteiger partial charge in [-0.1, -0.05) is 31.2 Å². The van der Waals surface area contributed by atoms with Gasteiger partial charge in [-0.25, -0.2) is 0 Å². The topological polar surface area (TPSA) is 38.5 Å². The van der Waals surface area contributed by atoms with Gasteiger partial charge in [0.15, 0.2) is 0 Å². The van der Waals surface area contributed by atoms with Gasteiger partial charge in [0.05, 0.1) is 6.61 Å². The van der Waals surface area contributed by atoms with Crippen LogP contribution in [0.1, 0.15) is 42.9 Å². The molecule has 1 aromatic carbocycles. The normalized spacial score (nSPS) is 32.6. The summed E-state index contributed by atoms with van der Waals surface area (Å²) in [6, 6.07) is 9.29. The van der Waals surface area contributed by atoms with E-state index in [9.17, 15) is 0 Å². The Hall–Kier alpha value is -0.900. The summed E-state index contributed by atoms with van der Waals surface area (Å²) in [7, 11) is 0. The predicted molar refractivity (Wildman–Crippen MR) is 77.2 cm³/mol. The fraction of sp³-hybridized carbons (Fsp3) is 0.625. The fourth-order valence-corrected chi connectivity index (χ4v) is 3.58. The van der Waals surface area contributed by atoms with Crippen LogP contribution in [-0.4, -0.2) is 37.2 Å². The van der Waals surface area contributed by atoms with Gasteiger partial charge in [-0.15, -0.1) is 0 Å². The van der Waals surface area contributed by atoms with E-state index in [1.807, 2.05) is 0 Å². The van der Waals surface area contributed by atoms with Crippen molar-refractivity contribution in [3.05, 3.63) is 35.4 Å². The van der Waals surface area contributed by atoms with Crippen LogP contribution in [0.2, 0.25) is 0 Å². The zero-order chi connectivity index (χ0) is 13.2. The van der Waals surface area contributed by atoms with E-state index in [0.29, 0.717) is 12.0 Å². The summed E-state index contributed by atoms with van der Waals surface area (Å²) in [5.41, 5.74) is 9.34. The molecule has 1 aliphatic carbocycles. The summed E-state index contributed by atoms with van der Waals surface area (Å²) >= 11 is 0. The number of hydrogen-bond acceptors (Lipinski definition) is 3. The molecule has 1 saturated heterocycles. The minimum atomic E-state index is 0.144. The molecule has 3 nitrogen and oxygen atoms in total. The molecule has 1 aromatic rings. The lowest BCUT2D eigenvalue weighted by Crippen LogP contribution is -2.47. The Bertz CT molecular complexity index is 427. The standard InChI is InChI=1S/C16H24N2O/c1-12-11-15(18-7-4-9-19-10-8-18)16(17)14-6-3-2-5-13(12)14/h2-3,5-6,12,15-16H,4,7-11,17H2,1H3. The molecule has 1 heterocycles. The third-order valence-electron chi connectivity index (χ3n) is 4.62. The van der Waals surface area contributed by atoms with Gasteiger partial charge in [0.1, 0.15) is 0 Å². The minimum absolute atomic E-state index is 0.144. The van der Waals surface area contributed by atoms with Crippen LogP contribution in [0.25, 0.3) is 0 Å². The molecule has 2 aliphatic rings. The smallest absolute Gasteiger partial charge is 0.0593 e. The van der Waals surface area contributed by atoms with Gasteiger partial charge in [0, 0.05) is 31.8 Å². The van der Waals surface area contributed by atoms with Crippen molar-refractivity contribution < 1.29 is 4.74 Å². The van der Waals surface area contributed by atoms with Crippen LogP contribution in [0.5, 0.6) is 0 Å². The van der Waals surface area contributed by atoms with E-state index in [-0.39, 0.29) is 6.04 Å². The second kappa shape index (κ2) is 5.61.